The molecule has 0 radical (unpaired) electrons. The highest BCUT2D eigenvalue weighted by molar-refractivity contribution is 7.91. The molecule has 126 valence electrons. The van der Waals surface area contributed by atoms with Gasteiger partial charge < -0.3 is 5.32 Å². The zero-order valence-electron chi connectivity index (χ0n) is 13.1. The number of thiophene rings is 1. The molecule has 1 atom stereocenters. The van der Waals surface area contributed by atoms with Crippen molar-refractivity contribution in [1.82, 2.24) is 10.0 Å². The summed E-state index contributed by atoms with van der Waals surface area (Å²) in [5, 5.41) is 3.40. The third-order valence-electron chi connectivity index (χ3n) is 3.93. The van der Waals surface area contributed by atoms with Crippen LogP contribution in [0.1, 0.15) is 27.6 Å². The molecule has 1 unspecified atom stereocenters. The Hall–Kier alpha value is -0.920. The van der Waals surface area contributed by atoms with E-state index in [4.69, 9.17) is 0 Å². The van der Waals surface area contributed by atoms with Crippen LogP contribution in [-0.4, -0.2) is 21.5 Å². The van der Waals surface area contributed by atoms with Crippen LogP contribution in [0, 0.1) is 13.8 Å². The molecular weight excluding hydrogens is 352 g/mol. The van der Waals surface area contributed by atoms with E-state index < -0.39 is 10.0 Å². The van der Waals surface area contributed by atoms with Gasteiger partial charge in [-0.2, -0.15) is 0 Å². The summed E-state index contributed by atoms with van der Waals surface area (Å²) in [6.07, 6.45) is 0.989. The van der Waals surface area contributed by atoms with Crippen molar-refractivity contribution in [3.8, 4) is 0 Å². The fourth-order valence-electron chi connectivity index (χ4n) is 2.92. The second kappa shape index (κ2) is 7.32. The molecule has 7 heteroatoms. The molecule has 4 nitrogen and oxygen atoms in total. The number of benzene rings is 1. The van der Waals surface area contributed by atoms with Gasteiger partial charge in [-0.15, -0.1) is 23.7 Å². The van der Waals surface area contributed by atoms with Gasteiger partial charge in [0.2, 0.25) is 10.0 Å². The maximum Gasteiger partial charge on any atom is 0.250 e. The fourth-order valence-corrected chi connectivity index (χ4v) is 5.68. The topological polar surface area (TPSA) is 58.2 Å². The number of nitrogens with one attached hydrogen (secondary N) is 2. The van der Waals surface area contributed by atoms with Crippen molar-refractivity contribution in [2.75, 3.05) is 13.1 Å². The lowest BCUT2D eigenvalue weighted by Gasteiger charge is -2.27. The third kappa shape index (κ3) is 3.95. The van der Waals surface area contributed by atoms with Crippen molar-refractivity contribution in [2.24, 2.45) is 0 Å². The van der Waals surface area contributed by atoms with Crippen LogP contribution in [0.2, 0.25) is 0 Å². The maximum atomic E-state index is 12.5. The summed E-state index contributed by atoms with van der Waals surface area (Å²) in [6, 6.07) is 10.2. The smallest absolute Gasteiger partial charge is 0.250 e. The quantitative estimate of drug-likeness (QED) is 0.867. The first-order chi connectivity index (χ1) is 10.5. The van der Waals surface area contributed by atoms with E-state index in [1.807, 2.05) is 32.0 Å². The van der Waals surface area contributed by atoms with E-state index in [0.717, 1.165) is 23.4 Å². The van der Waals surface area contributed by atoms with Gasteiger partial charge in [0, 0.05) is 17.5 Å². The van der Waals surface area contributed by atoms with Crippen molar-refractivity contribution in [1.29, 1.82) is 0 Å². The molecule has 1 aliphatic rings. The minimum absolute atomic E-state index is 0. The third-order valence-corrected chi connectivity index (χ3v) is 7.14. The van der Waals surface area contributed by atoms with Gasteiger partial charge in [-0.1, -0.05) is 24.3 Å². The van der Waals surface area contributed by atoms with Crippen LogP contribution in [0.15, 0.2) is 34.5 Å². The van der Waals surface area contributed by atoms with Gasteiger partial charge in [-0.05, 0) is 49.6 Å². The van der Waals surface area contributed by atoms with E-state index in [2.05, 4.69) is 22.2 Å². The first kappa shape index (κ1) is 18.4. The molecule has 2 N–H and O–H groups in total. The van der Waals surface area contributed by atoms with E-state index >= 15 is 0 Å². The molecule has 3 rings (SSSR count). The van der Waals surface area contributed by atoms with Gasteiger partial charge in [0.1, 0.15) is 4.21 Å². The molecule has 1 aromatic carbocycles. The molecule has 1 aromatic heterocycles. The molecular formula is C16H21ClN2O2S2. The molecule has 0 saturated carbocycles. The Morgan fingerprint density at radius 2 is 2.04 bits per heavy atom. The molecule has 0 amide bonds. The summed E-state index contributed by atoms with van der Waals surface area (Å²) in [7, 11) is -3.44. The molecule has 2 aromatic rings. The number of halogens is 1. The van der Waals surface area contributed by atoms with Crippen molar-refractivity contribution in [3.05, 3.63) is 51.9 Å². The number of sulfonamides is 1. The summed E-state index contributed by atoms with van der Waals surface area (Å²) in [5.41, 5.74) is 3.30. The van der Waals surface area contributed by atoms with Gasteiger partial charge in [0.25, 0.3) is 0 Å². The first-order valence-corrected chi connectivity index (χ1v) is 9.65. The first-order valence-electron chi connectivity index (χ1n) is 7.35. The molecule has 0 saturated heterocycles. The molecule has 23 heavy (non-hydrogen) atoms. The largest absolute Gasteiger partial charge is 0.308 e. The minimum atomic E-state index is -3.44. The average molecular weight is 373 g/mol. The number of hydrogen-bond acceptors (Lipinski definition) is 4. The number of aryl methyl sites for hydroxylation is 2. The van der Waals surface area contributed by atoms with Crippen LogP contribution in [0.25, 0.3) is 0 Å². The predicted octanol–water partition coefficient (Wildman–Crippen LogP) is 2.95. The lowest BCUT2D eigenvalue weighted by molar-refractivity contribution is 0.492. The molecule has 2 heterocycles. The molecule has 0 fully saturated rings. The van der Waals surface area contributed by atoms with E-state index in [1.165, 1.54) is 22.5 Å². The zero-order valence-corrected chi connectivity index (χ0v) is 15.6. The standard InChI is InChI=1S/C16H20N2O2S2.ClH/c1-11-9-12(2)21-16(11)22(19,20)18-10-15-14-6-4-3-5-13(14)7-8-17-15;/h3-6,9,15,17-18H,7-8,10H2,1-2H3;1H. The summed E-state index contributed by atoms with van der Waals surface area (Å²) in [5.74, 6) is 0. The SMILES string of the molecule is Cc1cc(C)c(S(=O)(=O)NCC2NCCc3ccccc32)s1.Cl. The van der Waals surface area contributed by atoms with E-state index in [9.17, 15) is 8.42 Å². The fraction of sp³-hybridized carbons (Fsp3) is 0.375. The van der Waals surface area contributed by atoms with Crippen LogP contribution in [0.5, 0.6) is 0 Å². The van der Waals surface area contributed by atoms with Crippen LogP contribution in [0.4, 0.5) is 0 Å². The average Bonchev–Trinajstić information content (AvgIpc) is 2.85. The Morgan fingerprint density at radius 3 is 2.74 bits per heavy atom. The van der Waals surface area contributed by atoms with Crippen LogP contribution in [-0.2, 0) is 16.4 Å². The van der Waals surface area contributed by atoms with Crippen molar-refractivity contribution >= 4 is 33.8 Å². The highest BCUT2D eigenvalue weighted by Crippen LogP contribution is 2.27. The van der Waals surface area contributed by atoms with Gasteiger partial charge in [-0.3, -0.25) is 0 Å². The molecule has 0 aliphatic carbocycles. The van der Waals surface area contributed by atoms with E-state index in [1.54, 1.807) is 0 Å². The van der Waals surface area contributed by atoms with Crippen molar-refractivity contribution < 1.29 is 8.42 Å². The van der Waals surface area contributed by atoms with Crippen molar-refractivity contribution in [2.45, 2.75) is 30.5 Å². The summed E-state index contributed by atoms with van der Waals surface area (Å²) in [6.45, 7) is 5.01. The van der Waals surface area contributed by atoms with E-state index in [0.29, 0.717) is 10.8 Å². The minimum Gasteiger partial charge on any atom is -0.308 e. The number of fused-ring (bicyclic) bond motifs is 1. The lowest BCUT2D eigenvalue weighted by Crippen LogP contribution is -2.38. The Labute approximate surface area is 147 Å². The van der Waals surface area contributed by atoms with Crippen LogP contribution < -0.4 is 10.0 Å². The Kier molecular flexibility index (Phi) is 5.86. The molecule has 0 bridgehead atoms. The second-order valence-corrected chi connectivity index (χ2v) is 8.85. The normalized spacial score (nSPS) is 17.4. The summed E-state index contributed by atoms with van der Waals surface area (Å²) in [4.78, 5) is 1.01. The van der Waals surface area contributed by atoms with Crippen LogP contribution >= 0.6 is 23.7 Å². The highest BCUT2D eigenvalue weighted by atomic mass is 35.5. The van der Waals surface area contributed by atoms with Gasteiger partial charge in [0.05, 0.1) is 0 Å². The zero-order chi connectivity index (χ0) is 15.7. The summed E-state index contributed by atoms with van der Waals surface area (Å²) < 4.78 is 28.2. The predicted molar refractivity (Wildman–Crippen MR) is 97.1 cm³/mol. The van der Waals surface area contributed by atoms with Gasteiger partial charge in [-0.25, -0.2) is 13.1 Å². The maximum absolute atomic E-state index is 12.5. The highest BCUT2D eigenvalue weighted by Gasteiger charge is 2.24. The Morgan fingerprint density at radius 1 is 1.30 bits per heavy atom. The van der Waals surface area contributed by atoms with Crippen molar-refractivity contribution in [3.63, 3.8) is 0 Å². The number of rotatable bonds is 4. The Bertz CT molecular complexity index is 787. The summed E-state index contributed by atoms with van der Waals surface area (Å²) >= 11 is 1.32. The number of hydrogen-bond donors (Lipinski definition) is 2. The lowest BCUT2D eigenvalue weighted by atomic mass is 9.95. The monoisotopic (exact) mass is 372 g/mol. The van der Waals surface area contributed by atoms with E-state index in [-0.39, 0.29) is 18.4 Å². The molecule has 0 spiro atoms. The molecule has 1 aliphatic heterocycles. The van der Waals surface area contributed by atoms with Gasteiger partial charge in [0.15, 0.2) is 0 Å². The second-order valence-electron chi connectivity index (χ2n) is 5.63. The van der Waals surface area contributed by atoms with Crippen LogP contribution in [0.3, 0.4) is 0 Å². The Balaban J connectivity index is 0.00000192. The van der Waals surface area contributed by atoms with Gasteiger partial charge >= 0.3 is 0 Å².